The zero-order valence-electron chi connectivity index (χ0n) is 13.0. The first-order valence-corrected chi connectivity index (χ1v) is 8.08. The Kier molecular flexibility index (Phi) is 4.83. The van der Waals surface area contributed by atoms with E-state index >= 15 is 0 Å². The first-order valence-electron chi connectivity index (χ1n) is 7.70. The Morgan fingerprint density at radius 3 is 2.62 bits per heavy atom. The van der Waals surface area contributed by atoms with Crippen molar-refractivity contribution in [2.24, 2.45) is 0 Å². The van der Waals surface area contributed by atoms with Gasteiger partial charge in [-0.1, -0.05) is 23.7 Å². The molecule has 24 heavy (non-hydrogen) atoms. The summed E-state index contributed by atoms with van der Waals surface area (Å²) >= 11 is 6.07. The fourth-order valence-electron chi connectivity index (χ4n) is 2.90. The van der Waals surface area contributed by atoms with Crippen LogP contribution in [0.5, 0.6) is 0 Å². The van der Waals surface area contributed by atoms with E-state index in [1.165, 1.54) is 0 Å². The maximum absolute atomic E-state index is 12.5. The predicted molar refractivity (Wildman–Crippen MR) is 91.3 cm³/mol. The lowest BCUT2D eigenvalue weighted by atomic mass is 10.1. The van der Waals surface area contributed by atoms with Crippen molar-refractivity contribution < 1.29 is 14.8 Å². The number of carbonyl (C=O) groups is 2. The highest BCUT2D eigenvalue weighted by molar-refractivity contribution is 6.30. The molecule has 0 atom stereocenters. The summed E-state index contributed by atoms with van der Waals surface area (Å²) in [6, 6.07) is 12.4. The van der Waals surface area contributed by atoms with E-state index < -0.39 is 5.91 Å². The molecule has 1 aliphatic rings. The number of amides is 2. The second kappa shape index (κ2) is 7.03. The van der Waals surface area contributed by atoms with Gasteiger partial charge < -0.3 is 4.90 Å². The van der Waals surface area contributed by atoms with Gasteiger partial charge in [-0.05, 0) is 54.3 Å². The molecule has 0 bridgehead atoms. The Morgan fingerprint density at radius 2 is 1.92 bits per heavy atom. The molecule has 0 saturated carbocycles. The molecule has 0 aromatic heterocycles. The van der Waals surface area contributed by atoms with E-state index in [0.29, 0.717) is 23.6 Å². The quantitative estimate of drug-likeness (QED) is 0.662. The lowest BCUT2D eigenvalue weighted by Gasteiger charge is -2.23. The lowest BCUT2D eigenvalue weighted by Crippen LogP contribution is -2.29. The molecule has 3 rings (SSSR count). The number of benzene rings is 2. The number of hydrogen-bond acceptors (Lipinski definition) is 3. The molecule has 0 fully saturated rings. The molecule has 1 heterocycles. The van der Waals surface area contributed by atoms with Gasteiger partial charge in [0.05, 0.1) is 6.54 Å². The summed E-state index contributed by atoms with van der Waals surface area (Å²) in [5.74, 6) is -0.486. The number of fused-ring (bicyclic) bond motifs is 1. The molecular formula is C18H17ClN2O3. The van der Waals surface area contributed by atoms with Crippen LogP contribution in [0.4, 0.5) is 5.69 Å². The number of rotatable bonds is 3. The van der Waals surface area contributed by atoms with E-state index in [9.17, 15) is 9.59 Å². The minimum atomic E-state index is -0.563. The molecule has 0 aliphatic carbocycles. The van der Waals surface area contributed by atoms with Gasteiger partial charge in [-0.25, -0.2) is 5.48 Å². The Hall–Kier alpha value is -2.37. The van der Waals surface area contributed by atoms with Crippen LogP contribution in [0.3, 0.4) is 0 Å². The molecule has 1 aliphatic heterocycles. The summed E-state index contributed by atoms with van der Waals surface area (Å²) in [6.45, 7) is 0.425. The van der Waals surface area contributed by atoms with Crippen LogP contribution < -0.4 is 10.4 Å². The molecule has 2 aromatic carbocycles. The third-order valence-electron chi connectivity index (χ3n) is 4.13. The number of anilines is 1. The Bertz CT molecular complexity index is 774. The van der Waals surface area contributed by atoms with Crippen molar-refractivity contribution in [3.05, 3.63) is 64.2 Å². The van der Waals surface area contributed by atoms with Crippen molar-refractivity contribution in [2.75, 3.05) is 4.90 Å². The van der Waals surface area contributed by atoms with Crippen molar-refractivity contribution >= 4 is 29.1 Å². The van der Waals surface area contributed by atoms with Gasteiger partial charge in [0.25, 0.3) is 5.91 Å². The molecule has 5 nitrogen and oxygen atoms in total. The smallest absolute Gasteiger partial charge is 0.274 e. The summed E-state index contributed by atoms with van der Waals surface area (Å²) in [4.78, 5) is 25.6. The maximum atomic E-state index is 12.5. The van der Waals surface area contributed by atoms with E-state index in [0.717, 1.165) is 29.7 Å². The van der Waals surface area contributed by atoms with Gasteiger partial charge in [-0.2, -0.15) is 0 Å². The second-order valence-corrected chi connectivity index (χ2v) is 6.18. The number of carbonyl (C=O) groups excluding carboxylic acids is 2. The number of aryl methyl sites for hydroxylation is 1. The summed E-state index contributed by atoms with van der Waals surface area (Å²) in [6.07, 6.45) is 2.13. The fraction of sp³-hybridized carbons (Fsp3) is 0.222. The van der Waals surface area contributed by atoms with E-state index in [1.807, 2.05) is 12.1 Å². The third kappa shape index (κ3) is 3.42. The Labute approximate surface area is 144 Å². The van der Waals surface area contributed by atoms with E-state index in [1.54, 1.807) is 40.7 Å². The van der Waals surface area contributed by atoms with Crippen LogP contribution in [0.2, 0.25) is 5.02 Å². The van der Waals surface area contributed by atoms with E-state index in [4.69, 9.17) is 16.8 Å². The average Bonchev–Trinajstić information content (AvgIpc) is 2.74. The van der Waals surface area contributed by atoms with Gasteiger partial charge in [0.2, 0.25) is 5.91 Å². The molecular weight excluding hydrogens is 328 g/mol. The van der Waals surface area contributed by atoms with E-state index in [2.05, 4.69) is 0 Å². The minimum Gasteiger partial charge on any atom is -0.308 e. The zero-order valence-corrected chi connectivity index (χ0v) is 13.7. The number of hydrogen-bond donors (Lipinski definition) is 2. The van der Waals surface area contributed by atoms with Gasteiger partial charge in [0, 0.05) is 22.7 Å². The van der Waals surface area contributed by atoms with Crippen LogP contribution in [-0.4, -0.2) is 17.0 Å². The molecule has 2 amide bonds. The Balaban J connectivity index is 1.88. The van der Waals surface area contributed by atoms with Crippen LogP contribution in [-0.2, 0) is 17.8 Å². The first kappa shape index (κ1) is 16.5. The van der Waals surface area contributed by atoms with Crippen LogP contribution in [0, 0.1) is 0 Å². The fourth-order valence-corrected chi connectivity index (χ4v) is 3.09. The van der Waals surface area contributed by atoms with Crippen LogP contribution in [0.25, 0.3) is 0 Å². The summed E-state index contributed by atoms with van der Waals surface area (Å²) < 4.78 is 0. The van der Waals surface area contributed by atoms with Gasteiger partial charge >= 0.3 is 0 Å². The van der Waals surface area contributed by atoms with Crippen molar-refractivity contribution in [1.29, 1.82) is 0 Å². The molecule has 124 valence electrons. The van der Waals surface area contributed by atoms with Gasteiger partial charge in [0.15, 0.2) is 0 Å². The summed E-state index contributed by atoms with van der Waals surface area (Å²) in [5.41, 5.74) is 4.82. The van der Waals surface area contributed by atoms with Crippen molar-refractivity contribution in [3.63, 3.8) is 0 Å². The average molecular weight is 345 g/mol. The number of hydroxylamine groups is 1. The summed E-state index contributed by atoms with van der Waals surface area (Å²) in [5, 5.41) is 9.32. The van der Waals surface area contributed by atoms with Crippen LogP contribution in [0.15, 0.2) is 42.5 Å². The number of nitrogens with one attached hydrogen (secondary N) is 1. The molecule has 0 spiro atoms. The molecule has 2 N–H and O–H groups in total. The summed E-state index contributed by atoms with van der Waals surface area (Å²) in [7, 11) is 0. The highest BCUT2D eigenvalue weighted by Gasteiger charge is 2.22. The van der Waals surface area contributed by atoms with E-state index in [-0.39, 0.29) is 5.91 Å². The second-order valence-electron chi connectivity index (χ2n) is 5.74. The standard InChI is InChI=1S/C18H17ClN2O3/c19-15-8-9-16-14(10-15)2-1-3-17(22)21(16)11-12-4-6-13(7-5-12)18(23)20-24/h4-10,24H,1-3,11H2,(H,20,23). The highest BCUT2D eigenvalue weighted by atomic mass is 35.5. The third-order valence-corrected chi connectivity index (χ3v) is 4.36. The number of halogens is 1. The minimum absolute atomic E-state index is 0.0771. The predicted octanol–water partition coefficient (Wildman–Crippen LogP) is 3.33. The van der Waals surface area contributed by atoms with Gasteiger partial charge in [-0.15, -0.1) is 0 Å². The molecule has 0 unspecified atom stereocenters. The number of nitrogens with zero attached hydrogens (tertiary/aromatic N) is 1. The molecule has 0 saturated heterocycles. The monoisotopic (exact) mass is 344 g/mol. The normalized spacial score (nSPS) is 14.1. The van der Waals surface area contributed by atoms with Gasteiger partial charge in [0.1, 0.15) is 0 Å². The zero-order chi connectivity index (χ0) is 17.1. The maximum Gasteiger partial charge on any atom is 0.274 e. The molecule has 0 radical (unpaired) electrons. The SMILES string of the molecule is O=C(NO)c1ccc(CN2C(=O)CCCc3cc(Cl)ccc32)cc1. The van der Waals surface area contributed by atoms with Gasteiger partial charge in [-0.3, -0.25) is 14.8 Å². The van der Waals surface area contributed by atoms with Crippen LogP contribution in [0.1, 0.15) is 34.3 Å². The highest BCUT2D eigenvalue weighted by Crippen LogP contribution is 2.30. The first-order chi connectivity index (χ1) is 11.6. The van der Waals surface area contributed by atoms with Crippen molar-refractivity contribution in [2.45, 2.75) is 25.8 Å². The van der Waals surface area contributed by atoms with Crippen molar-refractivity contribution in [3.8, 4) is 0 Å². The molecule has 6 heteroatoms. The largest absolute Gasteiger partial charge is 0.308 e. The van der Waals surface area contributed by atoms with Crippen LogP contribution >= 0.6 is 11.6 Å². The topological polar surface area (TPSA) is 69.6 Å². The molecule has 2 aromatic rings. The van der Waals surface area contributed by atoms with Crippen molar-refractivity contribution in [1.82, 2.24) is 5.48 Å². The lowest BCUT2D eigenvalue weighted by molar-refractivity contribution is -0.118. The Morgan fingerprint density at radius 1 is 1.17 bits per heavy atom.